The van der Waals surface area contributed by atoms with Crippen molar-refractivity contribution in [3.63, 3.8) is 0 Å². The molecule has 31 heavy (non-hydrogen) atoms. The normalized spacial score (nSPS) is 23.5. The number of nitrogens with zero attached hydrogens (tertiary/aromatic N) is 2. The summed E-state index contributed by atoms with van der Waals surface area (Å²) in [5.41, 5.74) is 3.85. The van der Waals surface area contributed by atoms with E-state index in [1.165, 1.54) is 7.11 Å². The number of hydrogen-bond donors (Lipinski definition) is 1. The number of aliphatic hydroxyl groups excluding tert-OH is 1. The van der Waals surface area contributed by atoms with Crippen LogP contribution in [0, 0.1) is 0 Å². The first-order chi connectivity index (χ1) is 15.0. The molecule has 0 aromatic heterocycles. The summed E-state index contributed by atoms with van der Waals surface area (Å²) in [6, 6.07) is 15.6. The van der Waals surface area contributed by atoms with Crippen molar-refractivity contribution in [3.05, 3.63) is 76.9 Å². The minimum absolute atomic E-state index is 0.0293. The largest absolute Gasteiger partial charge is 0.465 e. The molecule has 2 saturated heterocycles. The molecule has 2 fully saturated rings. The fourth-order valence-electron chi connectivity index (χ4n) is 4.83. The number of carbonyl (C=O) groups excluding carboxylic acids is 2. The molecule has 2 aromatic carbocycles. The molecular formula is C25H28N2O4. The van der Waals surface area contributed by atoms with Gasteiger partial charge in [0.2, 0.25) is 5.91 Å². The first-order valence-corrected chi connectivity index (χ1v) is 10.6. The van der Waals surface area contributed by atoms with Crippen LogP contribution < -0.4 is 0 Å². The summed E-state index contributed by atoms with van der Waals surface area (Å²) in [7, 11) is 1.37. The number of aliphatic hydroxyl groups is 1. The molecular weight excluding hydrogens is 392 g/mol. The van der Waals surface area contributed by atoms with Crippen molar-refractivity contribution in [3.8, 4) is 0 Å². The van der Waals surface area contributed by atoms with Crippen molar-refractivity contribution in [1.82, 2.24) is 9.80 Å². The number of amides is 1. The quantitative estimate of drug-likeness (QED) is 0.728. The number of ether oxygens (including phenoxy) is 1. The van der Waals surface area contributed by atoms with Crippen molar-refractivity contribution >= 4 is 18.0 Å². The lowest BCUT2D eigenvalue weighted by Gasteiger charge is -2.59. The predicted octanol–water partition coefficient (Wildman–Crippen LogP) is 2.68. The maximum atomic E-state index is 12.8. The fourth-order valence-corrected chi connectivity index (χ4v) is 4.83. The van der Waals surface area contributed by atoms with Gasteiger partial charge in [0.15, 0.2) is 0 Å². The van der Waals surface area contributed by atoms with E-state index in [4.69, 9.17) is 4.74 Å². The SMILES string of the molecule is C/C=C/c1ccc([C@@H]2[C@@H](CO)N3C(=O)CN(Cc4ccc(C(=O)OC)cc4)C[C@H]23)cc1. The van der Waals surface area contributed by atoms with Crippen molar-refractivity contribution in [2.24, 2.45) is 0 Å². The average Bonchev–Trinajstić information content (AvgIpc) is 2.77. The molecule has 3 atom stereocenters. The summed E-state index contributed by atoms with van der Waals surface area (Å²) in [4.78, 5) is 28.5. The molecule has 2 aromatic rings. The number of fused-ring (bicyclic) bond motifs is 1. The number of benzene rings is 2. The topological polar surface area (TPSA) is 70.1 Å². The second kappa shape index (κ2) is 9.04. The van der Waals surface area contributed by atoms with Crippen molar-refractivity contribution in [2.45, 2.75) is 31.5 Å². The lowest BCUT2D eigenvalue weighted by molar-refractivity contribution is -0.162. The number of methoxy groups -OCH3 is 1. The van der Waals surface area contributed by atoms with Crippen molar-refractivity contribution < 1.29 is 19.4 Å². The van der Waals surface area contributed by atoms with E-state index in [9.17, 15) is 14.7 Å². The van der Waals surface area contributed by atoms with Crippen molar-refractivity contribution in [1.29, 1.82) is 0 Å². The minimum atomic E-state index is -0.358. The molecule has 0 spiro atoms. The van der Waals surface area contributed by atoms with Gasteiger partial charge in [0.05, 0.1) is 37.9 Å². The van der Waals surface area contributed by atoms with E-state index in [2.05, 4.69) is 35.2 Å². The van der Waals surface area contributed by atoms with Crippen LogP contribution in [0.25, 0.3) is 6.08 Å². The lowest BCUT2D eigenvalue weighted by Crippen LogP contribution is -2.72. The second-order valence-electron chi connectivity index (χ2n) is 8.17. The van der Waals surface area contributed by atoms with Crippen molar-refractivity contribution in [2.75, 3.05) is 26.8 Å². The zero-order valence-corrected chi connectivity index (χ0v) is 17.9. The van der Waals surface area contributed by atoms with Gasteiger partial charge in [-0.2, -0.15) is 0 Å². The molecule has 0 unspecified atom stereocenters. The molecule has 0 bridgehead atoms. The molecule has 0 radical (unpaired) electrons. The van der Waals surface area contributed by atoms with Gasteiger partial charge in [-0.1, -0.05) is 48.6 Å². The van der Waals surface area contributed by atoms with E-state index in [1.807, 2.05) is 30.0 Å². The summed E-state index contributed by atoms with van der Waals surface area (Å²) in [6.45, 7) is 3.68. The Bertz CT molecular complexity index is 968. The van der Waals surface area contributed by atoms with E-state index in [-0.39, 0.29) is 36.5 Å². The van der Waals surface area contributed by atoms with Crippen LogP contribution in [0.5, 0.6) is 0 Å². The zero-order valence-electron chi connectivity index (χ0n) is 17.9. The van der Waals surface area contributed by atoms with Gasteiger partial charge in [0, 0.05) is 19.0 Å². The summed E-state index contributed by atoms with van der Waals surface area (Å²) < 4.78 is 4.75. The molecule has 4 rings (SSSR count). The Morgan fingerprint density at radius 2 is 1.87 bits per heavy atom. The van der Waals surface area contributed by atoms with E-state index in [0.29, 0.717) is 18.7 Å². The highest BCUT2D eigenvalue weighted by Gasteiger charge is 2.53. The van der Waals surface area contributed by atoms with Gasteiger partial charge in [0.1, 0.15) is 0 Å². The summed E-state index contributed by atoms with van der Waals surface area (Å²) in [6.07, 6.45) is 4.06. The molecule has 0 aliphatic carbocycles. The highest BCUT2D eigenvalue weighted by Crippen LogP contribution is 2.43. The Kier molecular flexibility index (Phi) is 6.20. The van der Waals surface area contributed by atoms with Gasteiger partial charge in [-0.15, -0.1) is 0 Å². The van der Waals surface area contributed by atoms with Crippen LogP contribution in [0.4, 0.5) is 0 Å². The highest BCUT2D eigenvalue weighted by molar-refractivity contribution is 5.89. The van der Waals surface area contributed by atoms with Gasteiger partial charge in [-0.25, -0.2) is 4.79 Å². The van der Waals surface area contributed by atoms with Crippen LogP contribution in [0.3, 0.4) is 0 Å². The van der Waals surface area contributed by atoms with Crippen LogP contribution in [-0.4, -0.2) is 65.7 Å². The third-order valence-corrected chi connectivity index (χ3v) is 6.28. The maximum Gasteiger partial charge on any atom is 0.337 e. The molecule has 2 aliphatic heterocycles. The molecule has 1 amide bonds. The minimum Gasteiger partial charge on any atom is -0.465 e. The molecule has 2 heterocycles. The number of esters is 1. The summed E-state index contributed by atoms with van der Waals surface area (Å²) in [5.74, 6) is -0.176. The van der Waals surface area contributed by atoms with Crippen LogP contribution in [0.1, 0.15) is 39.9 Å². The fraction of sp³-hybridized carbons (Fsp3) is 0.360. The first-order valence-electron chi connectivity index (χ1n) is 10.6. The number of allylic oxidation sites excluding steroid dienone is 1. The smallest absolute Gasteiger partial charge is 0.337 e. The molecule has 6 nitrogen and oxygen atoms in total. The average molecular weight is 421 g/mol. The molecule has 2 aliphatic rings. The Morgan fingerprint density at radius 3 is 2.48 bits per heavy atom. The van der Waals surface area contributed by atoms with Gasteiger partial charge in [-0.3, -0.25) is 9.69 Å². The van der Waals surface area contributed by atoms with Crippen LogP contribution in [-0.2, 0) is 16.1 Å². The monoisotopic (exact) mass is 420 g/mol. The van der Waals surface area contributed by atoms with Gasteiger partial charge >= 0.3 is 5.97 Å². The lowest BCUT2D eigenvalue weighted by atomic mass is 9.73. The zero-order chi connectivity index (χ0) is 22.0. The second-order valence-corrected chi connectivity index (χ2v) is 8.17. The molecule has 162 valence electrons. The Hall–Kier alpha value is -2.96. The number of hydrogen-bond acceptors (Lipinski definition) is 5. The first kappa shape index (κ1) is 21.3. The molecule has 6 heteroatoms. The Morgan fingerprint density at radius 1 is 1.16 bits per heavy atom. The van der Waals surface area contributed by atoms with Crippen LogP contribution >= 0.6 is 0 Å². The molecule has 0 saturated carbocycles. The summed E-state index contributed by atoms with van der Waals surface area (Å²) in [5, 5.41) is 9.95. The third kappa shape index (κ3) is 4.13. The van der Waals surface area contributed by atoms with Gasteiger partial charge < -0.3 is 14.7 Å². The number of carbonyl (C=O) groups is 2. The number of rotatable bonds is 6. The van der Waals surface area contributed by atoms with Gasteiger partial charge in [-0.05, 0) is 35.7 Å². The summed E-state index contributed by atoms with van der Waals surface area (Å²) >= 11 is 0. The third-order valence-electron chi connectivity index (χ3n) is 6.28. The van der Waals surface area contributed by atoms with Gasteiger partial charge in [0.25, 0.3) is 0 Å². The molecule has 1 N–H and O–H groups in total. The maximum absolute atomic E-state index is 12.8. The van der Waals surface area contributed by atoms with Crippen LogP contribution in [0.2, 0.25) is 0 Å². The predicted molar refractivity (Wildman–Crippen MR) is 118 cm³/mol. The van der Waals surface area contributed by atoms with Crippen LogP contribution in [0.15, 0.2) is 54.6 Å². The number of piperazine rings is 1. The Labute approximate surface area is 182 Å². The standard InChI is InChI=1S/C25H28N2O4/c1-3-4-17-5-9-19(10-6-17)24-21-14-26(15-23(29)27(21)22(24)16-28)13-18-7-11-20(12-8-18)25(30)31-2/h3-12,21-22,24,28H,13-16H2,1-2H3/b4-3+/t21-,22-,24+/m1/s1. The van der Waals surface area contributed by atoms with E-state index in [1.54, 1.807) is 12.1 Å². The van der Waals surface area contributed by atoms with E-state index < -0.39 is 0 Å². The Balaban J connectivity index is 1.48. The van der Waals surface area contributed by atoms with E-state index >= 15 is 0 Å². The highest BCUT2D eigenvalue weighted by atomic mass is 16.5. The van der Waals surface area contributed by atoms with E-state index in [0.717, 1.165) is 23.2 Å².